The molecule has 0 unspecified atom stereocenters. The molecule has 2 aromatic carbocycles. The Kier molecular flexibility index (Phi) is 5.77. The molecule has 3 rings (SSSR count). The zero-order valence-electron chi connectivity index (χ0n) is 14.2. The molecule has 4 nitrogen and oxygen atoms in total. The van der Waals surface area contributed by atoms with Crippen molar-refractivity contribution in [2.24, 2.45) is 0 Å². The number of hydrogen-bond donors (Lipinski definition) is 0. The van der Waals surface area contributed by atoms with Crippen molar-refractivity contribution in [2.45, 2.75) is 0 Å². The zero-order valence-corrected chi connectivity index (χ0v) is 17.4. The third kappa shape index (κ3) is 3.42. The molecule has 26 heavy (non-hydrogen) atoms. The normalized spacial score (nSPS) is 10.7. The van der Waals surface area contributed by atoms with Gasteiger partial charge in [0.1, 0.15) is 0 Å². The van der Waals surface area contributed by atoms with Gasteiger partial charge in [0.05, 0.1) is 37.1 Å². The molecule has 0 aliphatic rings. The standard InChI is InChI=1S/C18H15Cl2NO3S2/c1-22-15-6-10(7-16(23-2)17(15)24-3)14-9-26-18(25)21(14)11-4-5-12(19)13(20)8-11/h4-9H,1-3H3. The summed E-state index contributed by atoms with van der Waals surface area (Å²) in [5.74, 6) is 1.67. The summed E-state index contributed by atoms with van der Waals surface area (Å²) in [7, 11) is 4.74. The van der Waals surface area contributed by atoms with E-state index in [0.29, 0.717) is 31.2 Å². The highest BCUT2D eigenvalue weighted by atomic mass is 35.5. The lowest BCUT2D eigenvalue weighted by molar-refractivity contribution is 0.324. The summed E-state index contributed by atoms with van der Waals surface area (Å²) in [6.07, 6.45) is 0. The first-order chi connectivity index (χ1) is 12.5. The number of hydrogen-bond acceptors (Lipinski definition) is 5. The van der Waals surface area contributed by atoms with Crippen molar-refractivity contribution in [1.29, 1.82) is 0 Å². The van der Waals surface area contributed by atoms with Crippen molar-refractivity contribution in [3.63, 3.8) is 0 Å². The lowest BCUT2D eigenvalue weighted by atomic mass is 10.1. The van der Waals surface area contributed by atoms with Gasteiger partial charge in [-0.3, -0.25) is 4.57 Å². The Bertz CT molecular complexity index is 989. The molecule has 0 bridgehead atoms. The monoisotopic (exact) mass is 427 g/mol. The third-order valence-corrected chi connectivity index (χ3v) is 5.75. The lowest BCUT2D eigenvalue weighted by Crippen LogP contribution is -1.99. The van der Waals surface area contributed by atoms with Crippen LogP contribution in [0.4, 0.5) is 0 Å². The second kappa shape index (κ2) is 7.88. The molecule has 0 amide bonds. The second-order valence-electron chi connectivity index (χ2n) is 5.23. The van der Waals surface area contributed by atoms with E-state index >= 15 is 0 Å². The predicted molar refractivity (Wildman–Crippen MR) is 110 cm³/mol. The van der Waals surface area contributed by atoms with Crippen LogP contribution in [0.15, 0.2) is 35.7 Å². The van der Waals surface area contributed by atoms with E-state index in [2.05, 4.69) is 0 Å². The van der Waals surface area contributed by atoms with Crippen LogP contribution in [0.25, 0.3) is 16.9 Å². The summed E-state index contributed by atoms with van der Waals surface area (Å²) >= 11 is 19.2. The van der Waals surface area contributed by atoms with Gasteiger partial charge in [-0.05, 0) is 42.5 Å². The van der Waals surface area contributed by atoms with Gasteiger partial charge in [-0.25, -0.2) is 0 Å². The molecule has 1 heterocycles. The maximum absolute atomic E-state index is 6.18. The van der Waals surface area contributed by atoms with Crippen LogP contribution in [0.5, 0.6) is 17.2 Å². The van der Waals surface area contributed by atoms with Gasteiger partial charge in [-0.1, -0.05) is 23.2 Å². The summed E-state index contributed by atoms with van der Waals surface area (Å²) in [6, 6.07) is 9.17. The van der Waals surface area contributed by atoms with Crippen molar-refractivity contribution in [2.75, 3.05) is 21.3 Å². The number of nitrogens with zero attached hydrogens (tertiary/aromatic N) is 1. The molecule has 0 saturated carbocycles. The van der Waals surface area contributed by atoms with E-state index in [9.17, 15) is 0 Å². The second-order valence-corrected chi connectivity index (χ2v) is 7.55. The molecule has 0 aliphatic heterocycles. The number of thiazole rings is 1. The lowest BCUT2D eigenvalue weighted by Gasteiger charge is -2.15. The maximum atomic E-state index is 6.18. The predicted octanol–water partition coefficient (Wildman–Crippen LogP) is 6.27. The van der Waals surface area contributed by atoms with Crippen LogP contribution in [-0.2, 0) is 0 Å². The van der Waals surface area contributed by atoms with Crippen LogP contribution in [0.1, 0.15) is 0 Å². The average molecular weight is 428 g/mol. The summed E-state index contributed by atoms with van der Waals surface area (Å²) in [6.45, 7) is 0. The Labute approximate surface area is 170 Å². The molecule has 0 aliphatic carbocycles. The van der Waals surface area contributed by atoms with Gasteiger partial charge in [0.25, 0.3) is 0 Å². The molecular weight excluding hydrogens is 413 g/mol. The first kappa shape index (κ1) is 19.0. The first-order valence-electron chi connectivity index (χ1n) is 7.46. The van der Waals surface area contributed by atoms with E-state index < -0.39 is 0 Å². The first-order valence-corrected chi connectivity index (χ1v) is 9.51. The SMILES string of the molecule is COc1cc(-c2csc(=S)n2-c2ccc(Cl)c(Cl)c2)cc(OC)c1OC. The summed E-state index contributed by atoms with van der Waals surface area (Å²) in [5.41, 5.74) is 2.59. The summed E-state index contributed by atoms with van der Waals surface area (Å²) in [5, 5.41) is 2.94. The average Bonchev–Trinajstić information content (AvgIpc) is 3.04. The van der Waals surface area contributed by atoms with Gasteiger partial charge in [0.2, 0.25) is 5.75 Å². The molecule has 0 saturated heterocycles. The Morgan fingerprint density at radius 2 is 1.58 bits per heavy atom. The summed E-state index contributed by atoms with van der Waals surface area (Å²) in [4.78, 5) is 0. The minimum atomic E-state index is 0.466. The Morgan fingerprint density at radius 3 is 2.12 bits per heavy atom. The maximum Gasteiger partial charge on any atom is 0.203 e. The van der Waals surface area contributed by atoms with E-state index in [1.54, 1.807) is 33.5 Å². The van der Waals surface area contributed by atoms with Crippen LogP contribution in [-0.4, -0.2) is 25.9 Å². The molecule has 136 valence electrons. The fraction of sp³-hybridized carbons (Fsp3) is 0.167. The molecule has 0 atom stereocenters. The Balaban J connectivity index is 2.23. The van der Waals surface area contributed by atoms with E-state index in [0.717, 1.165) is 16.9 Å². The van der Waals surface area contributed by atoms with E-state index in [4.69, 9.17) is 49.6 Å². The Hall–Kier alpha value is -1.73. The molecule has 8 heteroatoms. The number of ether oxygens (including phenoxy) is 3. The number of aromatic nitrogens is 1. The quantitative estimate of drug-likeness (QED) is 0.449. The van der Waals surface area contributed by atoms with Gasteiger partial charge < -0.3 is 14.2 Å². The van der Waals surface area contributed by atoms with Crippen molar-refractivity contribution in [3.8, 4) is 34.2 Å². The highest BCUT2D eigenvalue weighted by molar-refractivity contribution is 7.73. The van der Waals surface area contributed by atoms with Gasteiger partial charge in [-0.15, -0.1) is 11.3 Å². The molecule has 0 radical (unpaired) electrons. The number of halogens is 2. The van der Waals surface area contributed by atoms with Gasteiger partial charge in [0, 0.05) is 16.6 Å². The van der Waals surface area contributed by atoms with Crippen LogP contribution in [0.3, 0.4) is 0 Å². The van der Waals surface area contributed by atoms with Crippen molar-refractivity contribution in [1.82, 2.24) is 4.57 Å². The molecule has 3 aromatic rings. The largest absolute Gasteiger partial charge is 0.493 e. The molecule has 0 fully saturated rings. The van der Waals surface area contributed by atoms with E-state index in [-0.39, 0.29) is 0 Å². The zero-order chi connectivity index (χ0) is 18.8. The van der Waals surface area contributed by atoms with Gasteiger partial charge in [-0.2, -0.15) is 0 Å². The number of methoxy groups -OCH3 is 3. The molecular formula is C18H15Cl2NO3S2. The van der Waals surface area contributed by atoms with E-state index in [1.165, 1.54) is 11.3 Å². The molecule has 0 spiro atoms. The van der Waals surface area contributed by atoms with Crippen molar-refractivity contribution >= 4 is 46.8 Å². The minimum Gasteiger partial charge on any atom is -0.493 e. The smallest absolute Gasteiger partial charge is 0.203 e. The van der Waals surface area contributed by atoms with Crippen LogP contribution < -0.4 is 14.2 Å². The third-order valence-electron chi connectivity index (χ3n) is 3.82. The van der Waals surface area contributed by atoms with Crippen LogP contribution in [0, 0.1) is 3.95 Å². The highest BCUT2D eigenvalue weighted by Gasteiger charge is 2.17. The molecule has 0 N–H and O–H groups in total. The van der Waals surface area contributed by atoms with Crippen molar-refractivity contribution < 1.29 is 14.2 Å². The van der Waals surface area contributed by atoms with Gasteiger partial charge >= 0.3 is 0 Å². The van der Waals surface area contributed by atoms with Crippen LogP contribution >= 0.6 is 46.8 Å². The molecule has 1 aromatic heterocycles. The fourth-order valence-electron chi connectivity index (χ4n) is 2.60. The number of rotatable bonds is 5. The minimum absolute atomic E-state index is 0.466. The van der Waals surface area contributed by atoms with Gasteiger partial charge in [0.15, 0.2) is 15.5 Å². The van der Waals surface area contributed by atoms with Crippen LogP contribution in [0.2, 0.25) is 10.0 Å². The summed E-state index contributed by atoms with van der Waals surface area (Å²) < 4.78 is 18.9. The highest BCUT2D eigenvalue weighted by Crippen LogP contribution is 2.42. The van der Waals surface area contributed by atoms with Crippen molar-refractivity contribution in [3.05, 3.63) is 49.7 Å². The Morgan fingerprint density at radius 1 is 0.923 bits per heavy atom. The fourth-order valence-corrected chi connectivity index (χ4v) is 4.01. The number of benzene rings is 2. The van der Waals surface area contributed by atoms with E-state index in [1.807, 2.05) is 28.1 Å². The topological polar surface area (TPSA) is 32.6 Å².